The number of hydrogen-bond donors (Lipinski definition) is 1. The van der Waals surface area contributed by atoms with Crippen LogP contribution in [0.5, 0.6) is 11.5 Å². The molecule has 0 radical (unpaired) electrons. The highest BCUT2D eigenvalue weighted by Gasteiger charge is 2.16. The van der Waals surface area contributed by atoms with Crippen molar-refractivity contribution in [2.75, 3.05) is 52.9 Å². The van der Waals surface area contributed by atoms with Crippen LogP contribution in [0.1, 0.15) is 18.5 Å². The Balaban J connectivity index is 2.78. The zero-order valence-electron chi connectivity index (χ0n) is 13.8. The van der Waals surface area contributed by atoms with Gasteiger partial charge in [0, 0.05) is 29.7 Å². The molecule has 1 aromatic carbocycles. The first kappa shape index (κ1) is 18.1. The first-order valence-corrected chi connectivity index (χ1v) is 8.45. The molecule has 1 N–H and O–H groups in total. The summed E-state index contributed by atoms with van der Waals surface area (Å²) < 4.78 is 10.8. The lowest BCUT2D eigenvalue weighted by Crippen LogP contribution is -2.24. The second-order valence-corrected chi connectivity index (χ2v) is 6.25. The van der Waals surface area contributed by atoms with Gasteiger partial charge in [-0.1, -0.05) is 6.92 Å². The number of nitrogens with one attached hydrogen (secondary N) is 1. The molecule has 21 heavy (non-hydrogen) atoms. The number of ether oxygens (including phenoxy) is 2. The summed E-state index contributed by atoms with van der Waals surface area (Å²) in [7, 11) is 7.62. The molecule has 4 nitrogen and oxygen atoms in total. The maximum absolute atomic E-state index is 5.50. The molecule has 0 saturated heterocycles. The van der Waals surface area contributed by atoms with Gasteiger partial charge in [0.25, 0.3) is 0 Å². The number of methoxy groups -OCH3 is 2. The van der Waals surface area contributed by atoms with Gasteiger partial charge >= 0.3 is 0 Å². The lowest BCUT2D eigenvalue weighted by Gasteiger charge is -2.21. The van der Waals surface area contributed by atoms with Gasteiger partial charge in [0.2, 0.25) is 0 Å². The molecule has 1 atom stereocenters. The van der Waals surface area contributed by atoms with Gasteiger partial charge in [0.15, 0.2) is 0 Å². The minimum Gasteiger partial charge on any atom is -0.497 e. The molecule has 1 unspecified atom stereocenters. The van der Waals surface area contributed by atoms with Crippen LogP contribution < -0.4 is 14.8 Å². The molecule has 0 bridgehead atoms. The van der Waals surface area contributed by atoms with E-state index in [1.807, 2.05) is 23.9 Å². The first-order valence-electron chi connectivity index (χ1n) is 7.30. The molecule has 5 heteroatoms. The molecule has 0 saturated carbocycles. The van der Waals surface area contributed by atoms with Crippen LogP contribution in [0.3, 0.4) is 0 Å². The molecule has 0 aliphatic carbocycles. The van der Waals surface area contributed by atoms with Crippen LogP contribution in [0.15, 0.2) is 18.2 Å². The maximum Gasteiger partial charge on any atom is 0.123 e. The van der Waals surface area contributed by atoms with E-state index in [9.17, 15) is 0 Å². The molecular formula is C16H28N2O2S. The fraction of sp³-hybridized carbons (Fsp3) is 0.625. The highest BCUT2D eigenvalue weighted by Crippen LogP contribution is 2.31. The van der Waals surface area contributed by atoms with E-state index >= 15 is 0 Å². The van der Waals surface area contributed by atoms with Crippen molar-refractivity contribution < 1.29 is 9.47 Å². The molecule has 120 valence electrons. The van der Waals surface area contributed by atoms with Gasteiger partial charge in [-0.3, -0.25) is 0 Å². The zero-order chi connectivity index (χ0) is 15.7. The van der Waals surface area contributed by atoms with Crippen LogP contribution in [-0.4, -0.2) is 57.8 Å². The quantitative estimate of drug-likeness (QED) is 0.672. The van der Waals surface area contributed by atoms with E-state index in [0.29, 0.717) is 0 Å². The van der Waals surface area contributed by atoms with Gasteiger partial charge in [-0.2, -0.15) is 11.8 Å². The van der Waals surface area contributed by atoms with Crippen molar-refractivity contribution in [1.29, 1.82) is 0 Å². The normalized spacial score (nSPS) is 12.5. The SMILES string of the molecule is CCNC(CSCCN(C)C)c1cc(OC)ccc1OC. The van der Waals surface area contributed by atoms with Crippen molar-refractivity contribution in [2.45, 2.75) is 13.0 Å². The third-order valence-electron chi connectivity index (χ3n) is 3.23. The Morgan fingerprint density at radius 3 is 2.57 bits per heavy atom. The minimum atomic E-state index is 0.271. The molecule has 0 heterocycles. The number of nitrogens with zero attached hydrogens (tertiary/aromatic N) is 1. The van der Waals surface area contributed by atoms with E-state index < -0.39 is 0 Å². The van der Waals surface area contributed by atoms with E-state index in [0.717, 1.165) is 41.7 Å². The monoisotopic (exact) mass is 312 g/mol. The van der Waals surface area contributed by atoms with E-state index in [1.165, 1.54) is 0 Å². The van der Waals surface area contributed by atoms with Crippen molar-refractivity contribution in [3.05, 3.63) is 23.8 Å². The largest absolute Gasteiger partial charge is 0.497 e. The van der Waals surface area contributed by atoms with Crippen molar-refractivity contribution in [3.8, 4) is 11.5 Å². The molecule has 0 aromatic heterocycles. The van der Waals surface area contributed by atoms with Crippen LogP contribution in [0.25, 0.3) is 0 Å². The molecule has 0 aliphatic rings. The van der Waals surface area contributed by atoms with Crippen molar-refractivity contribution >= 4 is 11.8 Å². The third-order valence-corrected chi connectivity index (χ3v) is 4.27. The lowest BCUT2D eigenvalue weighted by atomic mass is 10.1. The smallest absolute Gasteiger partial charge is 0.123 e. The van der Waals surface area contributed by atoms with Crippen LogP contribution >= 0.6 is 11.8 Å². The first-order chi connectivity index (χ1) is 10.1. The van der Waals surface area contributed by atoms with Crippen molar-refractivity contribution in [1.82, 2.24) is 10.2 Å². The van der Waals surface area contributed by atoms with Crippen LogP contribution in [0, 0.1) is 0 Å². The molecule has 0 amide bonds. The summed E-state index contributed by atoms with van der Waals surface area (Å²) in [5.41, 5.74) is 1.16. The van der Waals surface area contributed by atoms with Gasteiger partial charge in [-0.15, -0.1) is 0 Å². The molecule has 1 aromatic rings. The van der Waals surface area contributed by atoms with Crippen molar-refractivity contribution in [2.24, 2.45) is 0 Å². The Bertz CT molecular complexity index is 413. The Morgan fingerprint density at radius 1 is 1.24 bits per heavy atom. The number of rotatable bonds is 10. The predicted octanol–water partition coefficient (Wildman–Crippen LogP) is 2.65. The second-order valence-electron chi connectivity index (χ2n) is 5.10. The molecular weight excluding hydrogens is 284 g/mol. The van der Waals surface area contributed by atoms with Crippen LogP contribution in [0.2, 0.25) is 0 Å². The third kappa shape index (κ3) is 6.16. The summed E-state index contributed by atoms with van der Waals surface area (Å²) in [5.74, 6) is 3.92. The molecule has 0 fully saturated rings. The van der Waals surface area contributed by atoms with E-state index in [2.05, 4.69) is 37.3 Å². The number of thioether (sulfide) groups is 1. The average molecular weight is 312 g/mol. The van der Waals surface area contributed by atoms with Gasteiger partial charge in [-0.25, -0.2) is 0 Å². The van der Waals surface area contributed by atoms with Crippen LogP contribution in [-0.2, 0) is 0 Å². The van der Waals surface area contributed by atoms with E-state index in [4.69, 9.17) is 9.47 Å². The second kappa shape index (κ2) is 9.92. The van der Waals surface area contributed by atoms with E-state index in [-0.39, 0.29) is 6.04 Å². The fourth-order valence-corrected chi connectivity index (χ4v) is 3.26. The lowest BCUT2D eigenvalue weighted by molar-refractivity contribution is 0.393. The summed E-state index contributed by atoms with van der Waals surface area (Å²) in [5, 5.41) is 3.54. The molecule has 0 aliphatic heterocycles. The highest BCUT2D eigenvalue weighted by atomic mass is 32.2. The molecule has 0 spiro atoms. The van der Waals surface area contributed by atoms with Gasteiger partial charge in [0.1, 0.15) is 11.5 Å². The van der Waals surface area contributed by atoms with Crippen molar-refractivity contribution in [3.63, 3.8) is 0 Å². The van der Waals surface area contributed by atoms with Gasteiger partial charge < -0.3 is 19.7 Å². The predicted molar refractivity (Wildman–Crippen MR) is 91.8 cm³/mol. The highest BCUT2D eigenvalue weighted by molar-refractivity contribution is 7.99. The Hall–Kier alpha value is -0.910. The summed E-state index contributed by atoms with van der Waals surface area (Å²) in [6.45, 7) is 4.15. The summed E-state index contributed by atoms with van der Waals surface area (Å²) >= 11 is 1.96. The zero-order valence-corrected chi connectivity index (χ0v) is 14.6. The standard InChI is InChI=1S/C16H28N2O2S/c1-6-17-15(12-21-10-9-18(2)3)14-11-13(19-4)7-8-16(14)20-5/h7-8,11,15,17H,6,9-10,12H2,1-5H3. The fourth-order valence-electron chi connectivity index (χ4n) is 2.07. The van der Waals surface area contributed by atoms with Gasteiger partial charge in [-0.05, 0) is 38.8 Å². The molecule has 1 rings (SSSR count). The topological polar surface area (TPSA) is 33.7 Å². The maximum atomic E-state index is 5.50. The number of hydrogen-bond acceptors (Lipinski definition) is 5. The Morgan fingerprint density at radius 2 is 2.00 bits per heavy atom. The number of benzene rings is 1. The summed E-state index contributed by atoms with van der Waals surface area (Å²) in [6.07, 6.45) is 0. The average Bonchev–Trinajstić information content (AvgIpc) is 2.49. The minimum absolute atomic E-state index is 0.271. The van der Waals surface area contributed by atoms with E-state index in [1.54, 1.807) is 14.2 Å². The van der Waals surface area contributed by atoms with Crippen LogP contribution in [0.4, 0.5) is 0 Å². The Kier molecular flexibility index (Phi) is 8.57. The van der Waals surface area contributed by atoms with Gasteiger partial charge in [0.05, 0.1) is 14.2 Å². The summed E-state index contributed by atoms with van der Waals surface area (Å²) in [4.78, 5) is 2.21. The Labute approximate surface area is 133 Å². The summed E-state index contributed by atoms with van der Waals surface area (Å²) in [6, 6.07) is 6.25.